The van der Waals surface area contributed by atoms with E-state index < -0.39 is 47.9 Å². The van der Waals surface area contributed by atoms with E-state index in [2.05, 4.69) is 30.9 Å². The fourth-order valence-corrected chi connectivity index (χ4v) is 4.91. The summed E-state index contributed by atoms with van der Waals surface area (Å²) in [4.78, 5) is 62.0. The highest BCUT2D eigenvalue weighted by Crippen LogP contribution is 2.20. The monoisotopic (exact) mass is 585 g/mol. The van der Waals surface area contributed by atoms with Gasteiger partial charge in [0.15, 0.2) is 0 Å². The first kappa shape index (κ1) is 31.7. The van der Waals surface area contributed by atoms with E-state index in [4.69, 9.17) is 5.73 Å². The lowest BCUT2D eigenvalue weighted by Crippen LogP contribution is -2.58. The van der Waals surface area contributed by atoms with Gasteiger partial charge in [0.25, 0.3) is 0 Å². The lowest BCUT2D eigenvalue weighted by atomic mass is 9.97. The molecule has 0 aliphatic carbocycles. The van der Waals surface area contributed by atoms with Crippen LogP contribution in [-0.4, -0.2) is 79.9 Å². The first-order chi connectivity index (χ1) is 19.6. The molecule has 3 amide bonds. The van der Waals surface area contributed by atoms with Gasteiger partial charge in [-0.15, -0.1) is 0 Å². The van der Waals surface area contributed by atoms with Gasteiger partial charge in [0.1, 0.15) is 18.1 Å². The quantitative estimate of drug-likeness (QED) is 0.131. The first-order valence-corrected chi connectivity index (χ1v) is 14.9. The van der Waals surface area contributed by atoms with Crippen LogP contribution in [0.25, 0.3) is 10.9 Å². The summed E-state index contributed by atoms with van der Waals surface area (Å²) in [5, 5.41) is 18.7. The highest BCUT2D eigenvalue weighted by atomic mass is 32.2. The maximum absolute atomic E-state index is 13.6. The molecule has 5 unspecified atom stereocenters. The Labute approximate surface area is 243 Å². The van der Waals surface area contributed by atoms with Crippen molar-refractivity contribution >= 4 is 46.4 Å². The minimum absolute atomic E-state index is 0.0822. The second-order valence-electron chi connectivity index (χ2n) is 10.1. The van der Waals surface area contributed by atoms with Crippen LogP contribution >= 0.6 is 11.8 Å². The number of benzene rings is 1. The number of hydrogen-bond acceptors (Lipinski definition) is 7. The van der Waals surface area contributed by atoms with Crippen molar-refractivity contribution in [2.24, 2.45) is 11.7 Å². The molecule has 3 rings (SSSR count). The Bertz CT molecular complexity index is 1310. The number of aliphatic carboxylic acids is 1. The van der Waals surface area contributed by atoms with E-state index in [0.29, 0.717) is 24.3 Å². The zero-order valence-corrected chi connectivity index (χ0v) is 24.3. The van der Waals surface area contributed by atoms with E-state index in [-0.39, 0.29) is 18.8 Å². The molecule has 0 aliphatic rings. The number of aromatic nitrogens is 3. The number of amides is 3. The van der Waals surface area contributed by atoms with Crippen molar-refractivity contribution in [3.8, 4) is 0 Å². The number of thioether (sulfide) groups is 1. The number of H-pyrrole nitrogens is 2. The molecule has 12 nitrogen and oxygen atoms in total. The maximum Gasteiger partial charge on any atom is 0.326 e. The second kappa shape index (κ2) is 15.2. The number of rotatable bonds is 16. The molecule has 0 bridgehead atoms. The maximum atomic E-state index is 13.6. The van der Waals surface area contributed by atoms with Crippen molar-refractivity contribution in [2.45, 2.75) is 63.7 Å². The molecule has 8 N–H and O–H groups in total. The van der Waals surface area contributed by atoms with Gasteiger partial charge < -0.3 is 36.8 Å². The Balaban J connectivity index is 1.88. The van der Waals surface area contributed by atoms with Crippen LogP contribution < -0.4 is 21.7 Å². The average Bonchev–Trinajstić information content (AvgIpc) is 3.63. The Morgan fingerprint density at radius 2 is 1.71 bits per heavy atom. The minimum Gasteiger partial charge on any atom is -0.480 e. The fraction of sp³-hybridized carbons (Fsp3) is 0.464. The summed E-state index contributed by atoms with van der Waals surface area (Å²) in [6.07, 6.45) is 7.81. The Kier molecular flexibility index (Phi) is 11.8. The molecular formula is C28H39N7O5S. The van der Waals surface area contributed by atoms with Gasteiger partial charge in [-0.1, -0.05) is 38.5 Å². The Morgan fingerprint density at radius 1 is 1.02 bits per heavy atom. The zero-order valence-electron chi connectivity index (χ0n) is 23.5. The van der Waals surface area contributed by atoms with Gasteiger partial charge >= 0.3 is 5.97 Å². The smallest absolute Gasteiger partial charge is 0.326 e. The molecule has 2 heterocycles. The normalized spacial score (nSPS) is 14.9. The van der Waals surface area contributed by atoms with E-state index >= 15 is 0 Å². The molecule has 0 saturated heterocycles. The largest absolute Gasteiger partial charge is 0.480 e. The number of carboxylic acids is 1. The van der Waals surface area contributed by atoms with E-state index in [0.717, 1.165) is 16.5 Å². The number of carboxylic acid groups (broad SMARTS) is 1. The lowest BCUT2D eigenvalue weighted by molar-refractivity contribution is -0.143. The molecule has 0 radical (unpaired) electrons. The second-order valence-corrected chi connectivity index (χ2v) is 11.1. The summed E-state index contributed by atoms with van der Waals surface area (Å²) >= 11 is 1.56. The molecule has 0 aliphatic heterocycles. The van der Waals surface area contributed by atoms with E-state index in [1.165, 1.54) is 6.33 Å². The van der Waals surface area contributed by atoms with E-state index in [1.54, 1.807) is 31.1 Å². The SMILES string of the molecule is CCC(C)C(NC(=O)C(Cc1c[nH]c2ccccc12)NC(=O)C(Cc1cnc[nH]1)NC(=O)C(N)CCSC)C(=O)O. The predicted molar refractivity (Wildman–Crippen MR) is 158 cm³/mol. The summed E-state index contributed by atoms with van der Waals surface area (Å²) in [7, 11) is 0. The van der Waals surface area contributed by atoms with Gasteiger partial charge in [0.2, 0.25) is 17.7 Å². The van der Waals surface area contributed by atoms with Gasteiger partial charge in [0.05, 0.1) is 12.4 Å². The topological polar surface area (TPSA) is 195 Å². The molecule has 0 spiro atoms. The standard InChI is InChI=1S/C28H39N7O5S/c1-4-16(2)24(28(39)40)35-27(38)22(11-17-13-31-21-8-6-5-7-19(17)21)34-26(37)23(12-18-14-30-15-32-18)33-25(36)20(29)9-10-41-3/h5-8,13-16,20,22-24,31H,4,9-12,29H2,1-3H3,(H,30,32)(H,33,36)(H,34,37)(H,35,38)(H,39,40). The average molecular weight is 586 g/mol. The van der Waals surface area contributed by atoms with Gasteiger partial charge in [0, 0.05) is 41.8 Å². The molecule has 5 atom stereocenters. The van der Waals surface area contributed by atoms with Crippen LogP contribution in [0.2, 0.25) is 0 Å². The minimum atomic E-state index is -1.16. The van der Waals surface area contributed by atoms with Crippen LogP contribution in [0.4, 0.5) is 0 Å². The van der Waals surface area contributed by atoms with Crippen molar-refractivity contribution in [3.63, 3.8) is 0 Å². The number of nitrogens with two attached hydrogens (primary N) is 1. The number of fused-ring (bicyclic) bond motifs is 1. The van der Waals surface area contributed by atoms with Crippen LogP contribution in [0.5, 0.6) is 0 Å². The van der Waals surface area contributed by atoms with E-state index in [1.807, 2.05) is 37.4 Å². The molecule has 41 heavy (non-hydrogen) atoms. The van der Waals surface area contributed by atoms with Gasteiger partial charge in [-0.2, -0.15) is 11.8 Å². The number of nitrogens with zero attached hydrogens (tertiary/aromatic N) is 1. The van der Waals surface area contributed by atoms with Crippen molar-refractivity contribution in [1.29, 1.82) is 0 Å². The number of aromatic amines is 2. The molecule has 1 aromatic carbocycles. The first-order valence-electron chi connectivity index (χ1n) is 13.5. The fourth-order valence-electron chi connectivity index (χ4n) is 4.42. The van der Waals surface area contributed by atoms with Crippen molar-refractivity contribution < 1.29 is 24.3 Å². The molecule has 222 valence electrons. The van der Waals surface area contributed by atoms with E-state index in [9.17, 15) is 24.3 Å². The Hall–Kier alpha value is -3.84. The molecule has 2 aromatic heterocycles. The van der Waals surface area contributed by atoms with Crippen LogP contribution in [-0.2, 0) is 32.0 Å². The number of carbonyl (C=O) groups excluding carboxylic acids is 3. The molecule has 3 aromatic rings. The van der Waals surface area contributed by atoms with Crippen LogP contribution in [0.3, 0.4) is 0 Å². The third-order valence-corrected chi connectivity index (χ3v) is 7.73. The molecule has 0 saturated carbocycles. The molecule has 13 heteroatoms. The third kappa shape index (κ3) is 8.82. The summed E-state index contributed by atoms with van der Waals surface area (Å²) in [6.45, 7) is 3.58. The van der Waals surface area contributed by atoms with Crippen LogP contribution in [0.15, 0.2) is 43.0 Å². The predicted octanol–water partition coefficient (Wildman–Crippen LogP) is 1.34. The Morgan fingerprint density at radius 3 is 2.37 bits per heavy atom. The summed E-state index contributed by atoms with van der Waals surface area (Å²) in [5.41, 5.74) is 8.27. The summed E-state index contributed by atoms with van der Waals surface area (Å²) < 4.78 is 0. The lowest BCUT2D eigenvalue weighted by Gasteiger charge is -2.26. The highest BCUT2D eigenvalue weighted by Gasteiger charge is 2.32. The third-order valence-electron chi connectivity index (χ3n) is 7.09. The van der Waals surface area contributed by atoms with Gasteiger partial charge in [-0.05, 0) is 36.0 Å². The highest BCUT2D eigenvalue weighted by molar-refractivity contribution is 7.98. The number of para-hydroxylation sites is 1. The van der Waals surface area contributed by atoms with Gasteiger partial charge in [-0.25, -0.2) is 9.78 Å². The summed E-state index contributed by atoms with van der Waals surface area (Å²) in [6, 6.07) is 3.41. The number of nitrogens with one attached hydrogen (secondary N) is 5. The van der Waals surface area contributed by atoms with Gasteiger partial charge in [-0.3, -0.25) is 14.4 Å². The van der Waals surface area contributed by atoms with Crippen LogP contribution in [0.1, 0.15) is 37.9 Å². The van der Waals surface area contributed by atoms with Crippen molar-refractivity contribution in [2.75, 3.05) is 12.0 Å². The van der Waals surface area contributed by atoms with Crippen molar-refractivity contribution in [3.05, 3.63) is 54.2 Å². The number of imidazole rings is 1. The number of carbonyl (C=O) groups is 4. The number of hydrogen-bond donors (Lipinski definition) is 7. The van der Waals surface area contributed by atoms with Crippen molar-refractivity contribution in [1.82, 2.24) is 30.9 Å². The molecule has 0 fully saturated rings. The molecular weight excluding hydrogens is 546 g/mol. The van der Waals surface area contributed by atoms with Crippen LogP contribution in [0, 0.1) is 5.92 Å². The summed E-state index contributed by atoms with van der Waals surface area (Å²) in [5.74, 6) is -2.55. The zero-order chi connectivity index (χ0) is 29.9.